The van der Waals surface area contributed by atoms with Gasteiger partial charge in [0.2, 0.25) is 0 Å². The van der Waals surface area contributed by atoms with Crippen LogP contribution in [-0.4, -0.2) is 16.9 Å². The van der Waals surface area contributed by atoms with Crippen molar-refractivity contribution in [3.8, 4) is 23.0 Å². The van der Waals surface area contributed by atoms with Gasteiger partial charge in [-0.15, -0.1) is 0 Å². The summed E-state index contributed by atoms with van der Waals surface area (Å²) in [5.74, 6) is 2.91. The lowest BCUT2D eigenvalue weighted by atomic mass is 10.2. The Labute approximate surface area is 191 Å². The molecule has 0 saturated carbocycles. The first-order valence-corrected chi connectivity index (χ1v) is 15.1. The van der Waals surface area contributed by atoms with Crippen LogP contribution < -0.4 is 17.7 Å². The van der Waals surface area contributed by atoms with E-state index in [0.29, 0.717) is 0 Å². The van der Waals surface area contributed by atoms with E-state index in [1.165, 1.54) is 0 Å². The van der Waals surface area contributed by atoms with Gasteiger partial charge in [-0.2, -0.15) is 0 Å². The standard InChI is InChI=1S/C26H25O4Si2/c1-22-13-12-20-26(21-22)30-32(2,29-25-18-10-5-11-19-25)31(27-23-14-6-3-7-15-23)28-24-16-8-4-9-17-24/h3-21H,1-2H3. The quantitative estimate of drug-likeness (QED) is 0.278. The lowest BCUT2D eigenvalue weighted by Crippen LogP contribution is -2.65. The molecule has 4 aromatic carbocycles. The van der Waals surface area contributed by atoms with E-state index in [9.17, 15) is 0 Å². The minimum absolute atomic E-state index is 0.723. The van der Waals surface area contributed by atoms with Crippen LogP contribution in [0.25, 0.3) is 0 Å². The zero-order valence-corrected chi connectivity index (χ0v) is 20.1. The molecule has 0 amide bonds. The van der Waals surface area contributed by atoms with Gasteiger partial charge in [0.1, 0.15) is 23.0 Å². The number of hydrogen-bond acceptors (Lipinski definition) is 4. The van der Waals surface area contributed by atoms with Crippen LogP contribution in [0.3, 0.4) is 0 Å². The minimum atomic E-state index is -3.09. The molecule has 0 fully saturated rings. The van der Waals surface area contributed by atoms with E-state index < -0.39 is 16.9 Å². The summed E-state index contributed by atoms with van der Waals surface area (Å²) < 4.78 is 26.1. The Balaban J connectivity index is 1.73. The molecule has 161 valence electrons. The fourth-order valence-corrected chi connectivity index (χ4v) is 8.63. The zero-order chi connectivity index (χ0) is 22.2. The highest BCUT2D eigenvalue weighted by Gasteiger charge is 2.57. The fraction of sp³-hybridized carbons (Fsp3) is 0.0769. The summed E-state index contributed by atoms with van der Waals surface area (Å²) in [6.07, 6.45) is 0. The van der Waals surface area contributed by atoms with Crippen molar-refractivity contribution in [3.63, 3.8) is 0 Å². The van der Waals surface area contributed by atoms with Gasteiger partial charge in [-0.25, -0.2) is 0 Å². The maximum atomic E-state index is 6.61. The Hall–Kier alpha value is -3.49. The van der Waals surface area contributed by atoms with Gasteiger partial charge < -0.3 is 17.7 Å². The predicted molar refractivity (Wildman–Crippen MR) is 130 cm³/mol. The average molecular weight is 458 g/mol. The summed E-state index contributed by atoms with van der Waals surface area (Å²) in [5.41, 5.74) is 1.11. The molecule has 0 bridgehead atoms. The Morgan fingerprint density at radius 1 is 0.531 bits per heavy atom. The number of para-hydroxylation sites is 3. The summed E-state index contributed by atoms with van der Waals surface area (Å²) in [4.78, 5) is 0. The van der Waals surface area contributed by atoms with Gasteiger partial charge in [-0.3, -0.25) is 0 Å². The molecule has 32 heavy (non-hydrogen) atoms. The van der Waals surface area contributed by atoms with Crippen LogP contribution >= 0.6 is 0 Å². The van der Waals surface area contributed by atoms with Crippen molar-refractivity contribution in [2.24, 2.45) is 0 Å². The van der Waals surface area contributed by atoms with Gasteiger partial charge in [0.25, 0.3) is 0 Å². The second-order valence-corrected chi connectivity index (χ2v) is 14.6. The van der Waals surface area contributed by atoms with Crippen LogP contribution in [0.4, 0.5) is 0 Å². The third-order valence-electron chi connectivity index (χ3n) is 4.64. The Kier molecular flexibility index (Phi) is 6.94. The second kappa shape index (κ2) is 10.2. The van der Waals surface area contributed by atoms with Gasteiger partial charge >= 0.3 is 16.9 Å². The maximum absolute atomic E-state index is 6.61. The SMILES string of the molecule is Cc1cccc(O[Si](C)(Oc2ccccc2)[Si](Oc2ccccc2)Oc2ccccc2)c1. The predicted octanol–water partition coefficient (Wildman–Crippen LogP) is 6.25. The second-order valence-electron chi connectivity index (χ2n) is 7.40. The highest BCUT2D eigenvalue weighted by molar-refractivity contribution is 7.22. The Bertz CT molecular complexity index is 1070. The monoisotopic (exact) mass is 457 g/mol. The first-order chi connectivity index (χ1) is 15.6. The first kappa shape index (κ1) is 21.7. The maximum Gasteiger partial charge on any atom is 0.605 e. The largest absolute Gasteiger partial charge is 0.605 e. The van der Waals surface area contributed by atoms with Gasteiger partial charge in [0, 0.05) is 6.55 Å². The molecule has 6 heteroatoms. The van der Waals surface area contributed by atoms with Crippen LogP contribution in [0.5, 0.6) is 23.0 Å². The molecule has 0 N–H and O–H groups in total. The average Bonchev–Trinajstić information content (AvgIpc) is 2.81. The van der Waals surface area contributed by atoms with Gasteiger partial charge in [-0.05, 0) is 61.0 Å². The van der Waals surface area contributed by atoms with Crippen LogP contribution in [0, 0.1) is 6.92 Å². The first-order valence-electron chi connectivity index (χ1n) is 10.4. The molecule has 1 atom stereocenters. The van der Waals surface area contributed by atoms with E-state index in [1.807, 2.05) is 129 Å². The number of aryl methyl sites for hydroxylation is 1. The summed E-state index contributed by atoms with van der Waals surface area (Å²) in [5, 5.41) is 0. The van der Waals surface area contributed by atoms with Crippen molar-refractivity contribution in [1.29, 1.82) is 0 Å². The van der Waals surface area contributed by atoms with E-state index in [4.69, 9.17) is 17.7 Å². The lowest BCUT2D eigenvalue weighted by Gasteiger charge is -2.31. The molecule has 0 aliphatic rings. The molecule has 0 aromatic heterocycles. The van der Waals surface area contributed by atoms with Crippen LogP contribution in [-0.2, 0) is 0 Å². The molecule has 0 aliphatic carbocycles. The van der Waals surface area contributed by atoms with Crippen LogP contribution in [0.1, 0.15) is 5.56 Å². The molecule has 1 unspecified atom stereocenters. The van der Waals surface area contributed by atoms with Crippen molar-refractivity contribution >= 4 is 16.9 Å². The summed E-state index contributed by atoms with van der Waals surface area (Å²) in [6.45, 7) is 4.04. The summed E-state index contributed by atoms with van der Waals surface area (Å²) >= 11 is 0. The van der Waals surface area contributed by atoms with E-state index in [2.05, 4.69) is 0 Å². The van der Waals surface area contributed by atoms with Crippen molar-refractivity contribution < 1.29 is 17.7 Å². The molecule has 4 aromatic rings. The van der Waals surface area contributed by atoms with Crippen molar-refractivity contribution in [1.82, 2.24) is 0 Å². The molecule has 1 radical (unpaired) electrons. The smallest absolute Gasteiger partial charge is 0.510 e. The molecular weight excluding hydrogens is 432 g/mol. The molecule has 4 nitrogen and oxygen atoms in total. The van der Waals surface area contributed by atoms with E-state index >= 15 is 0 Å². The van der Waals surface area contributed by atoms with Crippen molar-refractivity contribution in [3.05, 3.63) is 121 Å². The zero-order valence-electron chi connectivity index (χ0n) is 18.1. The van der Waals surface area contributed by atoms with E-state index in [0.717, 1.165) is 28.6 Å². The highest BCUT2D eigenvalue weighted by atomic mass is 29.3. The number of rotatable bonds is 9. The molecule has 0 spiro atoms. The van der Waals surface area contributed by atoms with E-state index in [-0.39, 0.29) is 0 Å². The normalized spacial score (nSPS) is 12.6. The number of hydrogen-bond donors (Lipinski definition) is 0. The Morgan fingerprint density at radius 3 is 1.47 bits per heavy atom. The van der Waals surface area contributed by atoms with Gasteiger partial charge in [0.15, 0.2) is 0 Å². The third-order valence-corrected chi connectivity index (χ3v) is 10.9. The Morgan fingerprint density at radius 2 is 0.969 bits per heavy atom. The van der Waals surface area contributed by atoms with Gasteiger partial charge in [-0.1, -0.05) is 66.7 Å². The molecule has 0 heterocycles. The molecular formula is C26H25O4Si2. The van der Waals surface area contributed by atoms with Crippen LogP contribution in [0.2, 0.25) is 6.55 Å². The van der Waals surface area contributed by atoms with E-state index in [1.54, 1.807) is 0 Å². The molecule has 0 saturated heterocycles. The third kappa shape index (κ3) is 5.81. The van der Waals surface area contributed by atoms with Gasteiger partial charge in [0.05, 0.1) is 0 Å². The molecule has 0 aliphatic heterocycles. The minimum Gasteiger partial charge on any atom is -0.510 e. The lowest BCUT2D eigenvalue weighted by molar-refractivity contribution is 0.367. The summed E-state index contributed by atoms with van der Waals surface area (Å²) in [6, 6.07) is 37.0. The number of benzene rings is 4. The summed E-state index contributed by atoms with van der Waals surface area (Å²) in [7, 11) is -5.19. The van der Waals surface area contributed by atoms with Crippen molar-refractivity contribution in [2.75, 3.05) is 0 Å². The van der Waals surface area contributed by atoms with Crippen molar-refractivity contribution in [2.45, 2.75) is 13.5 Å². The topological polar surface area (TPSA) is 36.9 Å². The van der Waals surface area contributed by atoms with Crippen LogP contribution in [0.15, 0.2) is 115 Å². The highest BCUT2D eigenvalue weighted by Crippen LogP contribution is 2.26. The molecule has 4 rings (SSSR count). The fourth-order valence-electron chi connectivity index (χ4n) is 3.12.